The Kier molecular flexibility index (Phi) is 4.06. The van der Waals surface area contributed by atoms with Crippen molar-refractivity contribution in [1.29, 1.82) is 0 Å². The number of nitrogens with zero attached hydrogens (tertiary/aromatic N) is 1. The maximum Gasteiger partial charge on any atom is 0.294 e. The van der Waals surface area contributed by atoms with Crippen LogP contribution < -0.4 is 15.4 Å². The molecule has 0 atom stereocenters. The molecule has 2 N–H and O–H groups in total. The molecule has 1 amide bonds. The Bertz CT molecular complexity index is 781. The van der Waals surface area contributed by atoms with Gasteiger partial charge in [-0.2, -0.15) is 0 Å². The number of amides is 1. The molecule has 118 valence electrons. The number of carbonyl (C=O) groups excluding carboxylic acids is 1. The Morgan fingerprint density at radius 1 is 1.22 bits per heavy atom. The summed E-state index contributed by atoms with van der Waals surface area (Å²) < 4.78 is 5.83. The molecule has 2 aromatic rings. The van der Waals surface area contributed by atoms with Crippen LogP contribution in [-0.4, -0.2) is 12.5 Å². The van der Waals surface area contributed by atoms with Gasteiger partial charge in [-0.25, -0.2) is 0 Å². The molecule has 4 heteroatoms. The molecule has 0 bridgehead atoms. The van der Waals surface area contributed by atoms with Gasteiger partial charge in [-0.15, -0.1) is 0 Å². The lowest BCUT2D eigenvalue weighted by Crippen LogP contribution is -2.37. The van der Waals surface area contributed by atoms with Crippen molar-refractivity contribution in [3.05, 3.63) is 59.4 Å². The van der Waals surface area contributed by atoms with Crippen LogP contribution in [0.5, 0.6) is 5.75 Å². The summed E-state index contributed by atoms with van der Waals surface area (Å²) in [4.78, 5) is 14.5. The molecule has 0 radical (unpaired) electrons. The standard InChI is InChI=1S/C19H20N2O2/c1-3-9-21-16-12-15(20)7-8-17(16)23-18(19(21)22)11-14-6-4-5-13(2)10-14/h4-8,10-12H,3,9,20H2,1-2H3/b18-11+. The van der Waals surface area contributed by atoms with Gasteiger partial charge in [0.05, 0.1) is 5.69 Å². The van der Waals surface area contributed by atoms with Crippen molar-refractivity contribution in [2.75, 3.05) is 17.2 Å². The van der Waals surface area contributed by atoms with Crippen molar-refractivity contribution >= 4 is 23.4 Å². The van der Waals surface area contributed by atoms with E-state index in [1.807, 2.05) is 44.2 Å². The van der Waals surface area contributed by atoms with E-state index in [4.69, 9.17) is 10.5 Å². The zero-order valence-electron chi connectivity index (χ0n) is 13.4. The molecular formula is C19H20N2O2. The van der Waals surface area contributed by atoms with Crippen LogP contribution in [-0.2, 0) is 4.79 Å². The highest BCUT2D eigenvalue weighted by Crippen LogP contribution is 2.37. The zero-order valence-corrected chi connectivity index (χ0v) is 13.4. The van der Waals surface area contributed by atoms with Gasteiger partial charge in [0.2, 0.25) is 0 Å². The maximum absolute atomic E-state index is 12.8. The molecule has 1 aliphatic heterocycles. The van der Waals surface area contributed by atoms with Crippen LogP contribution in [0, 0.1) is 6.92 Å². The summed E-state index contributed by atoms with van der Waals surface area (Å²) >= 11 is 0. The highest BCUT2D eigenvalue weighted by Gasteiger charge is 2.29. The summed E-state index contributed by atoms with van der Waals surface area (Å²) in [7, 11) is 0. The SMILES string of the molecule is CCCN1C(=O)/C(=C\c2cccc(C)c2)Oc2ccc(N)cc21. The minimum atomic E-state index is -0.133. The van der Waals surface area contributed by atoms with E-state index < -0.39 is 0 Å². The third-order valence-electron chi connectivity index (χ3n) is 3.74. The van der Waals surface area contributed by atoms with Crippen molar-refractivity contribution in [1.82, 2.24) is 0 Å². The summed E-state index contributed by atoms with van der Waals surface area (Å²) in [6.07, 6.45) is 2.65. The monoisotopic (exact) mass is 308 g/mol. The van der Waals surface area contributed by atoms with Crippen LogP contribution in [0.25, 0.3) is 6.08 Å². The fourth-order valence-electron chi connectivity index (χ4n) is 2.68. The average Bonchev–Trinajstić information content (AvgIpc) is 2.52. The van der Waals surface area contributed by atoms with Crippen molar-refractivity contribution < 1.29 is 9.53 Å². The smallest absolute Gasteiger partial charge is 0.294 e. The maximum atomic E-state index is 12.8. The van der Waals surface area contributed by atoms with Crippen molar-refractivity contribution in [3.8, 4) is 5.75 Å². The Labute approximate surface area is 136 Å². The number of hydrogen-bond donors (Lipinski definition) is 1. The summed E-state index contributed by atoms with van der Waals surface area (Å²) in [6, 6.07) is 13.3. The number of ether oxygens (including phenoxy) is 1. The Hall–Kier alpha value is -2.75. The van der Waals surface area contributed by atoms with Gasteiger partial charge < -0.3 is 15.4 Å². The second-order valence-corrected chi connectivity index (χ2v) is 5.71. The lowest BCUT2D eigenvalue weighted by Gasteiger charge is -2.30. The van der Waals surface area contributed by atoms with Gasteiger partial charge in [-0.3, -0.25) is 4.79 Å². The quantitative estimate of drug-likeness (QED) is 0.694. The highest BCUT2D eigenvalue weighted by atomic mass is 16.5. The van der Waals surface area contributed by atoms with E-state index >= 15 is 0 Å². The first-order valence-electron chi connectivity index (χ1n) is 7.76. The van der Waals surface area contributed by atoms with Gasteiger partial charge in [0, 0.05) is 12.2 Å². The lowest BCUT2D eigenvalue weighted by atomic mass is 10.1. The normalized spacial score (nSPS) is 15.5. The van der Waals surface area contributed by atoms with Gasteiger partial charge in [0.1, 0.15) is 0 Å². The fraction of sp³-hybridized carbons (Fsp3) is 0.211. The zero-order chi connectivity index (χ0) is 16.4. The van der Waals surface area contributed by atoms with Gasteiger partial charge in [-0.1, -0.05) is 36.8 Å². The lowest BCUT2D eigenvalue weighted by molar-refractivity contribution is -0.117. The molecule has 4 nitrogen and oxygen atoms in total. The van der Waals surface area contributed by atoms with Crippen LogP contribution >= 0.6 is 0 Å². The molecular weight excluding hydrogens is 288 g/mol. The number of benzene rings is 2. The van der Waals surface area contributed by atoms with Crippen molar-refractivity contribution in [2.24, 2.45) is 0 Å². The van der Waals surface area contributed by atoms with Crippen LogP contribution in [0.15, 0.2) is 48.2 Å². The Balaban J connectivity index is 2.04. The van der Waals surface area contributed by atoms with E-state index in [0.29, 0.717) is 23.7 Å². The molecule has 1 aliphatic rings. The van der Waals surface area contributed by atoms with Crippen LogP contribution in [0.2, 0.25) is 0 Å². The summed E-state index contributed by atoms with van der Waals surface area (Å²) in [5.74, 6) is 0.860. The predicted octanol–water partition coefficient (Wildman–Crippen LogP) is 3.75. The number of fused-ring (bicyclic) bond motifs is 1. The first-order valence-corrected chi connectivity index (χ1v) is 7.76. The molecule has 3 rings (SSSR count). The third-order valence-corrected chi connectivity index (χ3v) is 3.74. The summed E-state index contributed by atoms with van der Waals surface area (Å²) in [5.41, 5.74) is 9.29. The van der Waals surface area contributed by atoms with Crippen molar-refractivity contribution in [2.45, 2.75) is 20.3 Å². The predicted molar refractivity (Wildman–Crippen MR) is 93.3 cm³/mol. The number of hydrogen-bond acceptors (Lipinski definition) is 3. The van der Waals surface area contributed by atoms with Gasteiger partial charge in [0.25, 0.3) is 5.91 Å². The number of carbonyl (C=O) groups is 1. The van der Waals surface area contributed by atoms with Gasteiger partial charge in [-0.05, 0) is 43.2 Å². The van der Waals surface area contributed by atoms with E-state index in [1.54, 1.807) is 23.1 Å². The second-order valence-electron chi connectivity index (χ2n) is 5.71. The molecule has 0 aromatic heterocycles. The van der Waals surface area contributed by atoms with Crippen LogP contribution in [0.4, 0.5) is 11.4 Å². The molecule has 0 saturated heterocycles. The topological polar surface area (TPSA) is 55.6 Å². The number of nitrogen functional groups attached to an aromatic ring is 1. The summed E-state index contributed by atoms with van der Waals surface area (Å²) in [5, 5.41) is 0. The number of aryl methyl sites for hydroxylation is 1. The molecule has 0 unspecified atom stereocenters. The Morgan fingerprint density at radius 3 is 2.78 bits per heavy atom. The minimum absolute atomic E-state index is 0.133. The number of nitrogens with two attached hydrogens (primary N) is 1. The fourth-order valence-corrected chi connectivity index (χ4v) is 2.68. The third kappa shape index (κ3) is 3.06. The second kappa shape index (κ2) is 6.16. The van der Waals surface area contributed by atoms with E-state index in [9.17, 15) is 4.79 Å². The molecule has 1 heterocycles. The largest absolute Gasteiger partial charge is 0.449 e. The van der Waals surface area contributed by atoms with Crippen LogP contribution in [0.1, 0.15) is 24.5 Å². The number of rotatable bonds is 3. The Morgan fingerprint density at radius 2 is 2.04 bits per heavy atom. The minimum Gasteiger partial charge on any atom is -0.449 e. The highest BCUT2D eigenvalue weighted by molar-refractivity contribution is 6.10. The van der Waals surface area contributed by atoms with E-state index in [0.717, 1.165) is 23.2 Å². The molecule has 0 saturated carbocycles. The molecule has 0 spiro atoms. The molecule has 2 aromatic carbocycles. The van der Waals surface area contributed by atoms with E-state index in [2.05, 4.69) is 0 Å². The van der Waals surface area contributed by atoms with Gasteiger partial charge in [0.15, 0.2) is 11.5 Å². The average molecular weight is 308 g/mol. The number of anilines is 2. The molecule has 0 aliphatic carbocycles. The first kappa shape index (κ1) is 15.2. The molecule has 0 fully saturated rings. The van der Waals surface area contributed by atoms with Crippen LogP contribution in [0.3, 0.4) is 0 Å². The van der Waals surface area contributed by atoms with E-state index in [-0.39, 0.29) is 5.91 Å². The van der Waals surface area contributed by atoms with Crippen molar-refractivity contribution in [3.63, 3.8) is 0 Å². The van der Waals surface area contributed by atoms with E-state index in [1.165, 1.54) is 0 Å². The summed E-state index contributed by atoms with van der Waals surface area (Å²) in [6.45, 7) is 4.69. The first-order chi connectivity index (χ1) is 11.1. The molecule has 23 heavy (non-hydrogen) atoms. The van der Waals surface area contributed by atoms with Gasteiger partial charge >= 0.3 is 0 Å².